The third kappa shape index (κ3) is 1.59. The van der Waals surface area contributed by atoms with E-state index in [0.717, 1.165) is 11.5 Å². The fraction of sp³-hybridized carbons (Fsp3) is 0.455. The molecule has 1 aliphatic rings. The minimum atomic E-state index is -0.118. The van der Waals surface area contributed by atoms with Crippen molar-refractivity contribution in [2.75, 3.05) is 0 Å². The van der Waals surface area contributed by atoms with Crippen LogP contribution in [0, 0.1) is 5.92 Å². The first kappa shape index (κ1) is 9.44. The molecule has 0 bridgehead atoms. The zero-order chi connectivity index (χ0) is 10.1. The van der Waals surface area contributed by atoms with Crippen LogP contribution in [0.3, 0.4) is 0 Å². The maximum Gasteiger partial charge on any atom is 0.598 e. The van der Waals surface area contributed by atoms with Crippen LogP contribution in [0.2, 0.25) is 5.82 Å². The molecular formula is C11H15BO2. The monoisotopic (exact) mass is 190 g/mol. The van der Waals surface area contributed by atoms with E-state index in [1.54, 1.807) is 0 Å². The fourth-order valence-corrected chi connectivity index (χ4v) is 1.45. The molecule has 1 heterocycles. The normalized spacial score (nSPS) is 16.1. The first-order chi connectivity index (χ1) is 6.68. The van der Waals surface area contributed by atoms with E-state index in [9.17, 15) is 0 Å². The molecule has 1 unspecified atom stereocenters. The minimum Gasteiger partial charge on any atom is -0.523 e. The first-order valence-electron chi connectivity index (χ1n) is 5.11. The van der Waals surface area contributed by atoms with Gasteiger partial charge in [-0.25, -0.2) is 0 Å². The van der Waals surface area contributed by atoms with E-state index < -0.39 is 0 Å². The molecule has 1 aromatic rings. The highest BCUT2D eigenvalue weighted by Crippen LogP contribution is 2.37. The standard InChI is InChI=1S/C11H15BO2/c1-8(2)9(3)12-13-10-6-4-5-7-11(10)14-12/h4-9H,1-3H3. The lowest BCUT2D eigenvalue weighted by Crippen LogP contribution is -2.31. The molecule has 14 heavy (non-hydrogen) atoms. The second kappa shape index (κ2) is 3.56. The molecular weight excluding hydrogens is 175 g/mol. The highest BCUT2D eigenvalue weighted by molar-refractivity contribution is 6.49. The van der Waals surface area contributed by atoms with Crippen molar-refractivity contribution in [3.8, 4) is 11.5 Å². The Kier molecular flexibility index (Phi) is 2.40. The number of hydrogen-bond acceptors (Lipinski definition) is 2. The topological polar surface area (TPSA) is 18.5 Å². The molecule has 1 aromatic carbocycles. The molecule has 0 aromatic heterocycles. The maximum atomic E-state index is 5.71. The van der Waals surface area contributed by atoms with Gasteiger partial charge in [-0.15, -0.1) is 0 Å². The summed E-state index contributed by atoms with van der Waals surface area (Å²) in [6.45, 7) is 6.52. The van der Waals surface area contributed by atoms with Crippen molar-refractivity contribution in [1.82, 2.24) is 0 Å². The van der Waals surface area contributed by atoms with E-state index >= 15 is 0 Å². The third-order valence-corrected chi connectivity index (χ3v) is 2.82. The van der Waals surface area contributed by atoms with Crippen LogP contribution in [0.25, 0.3) is 0 Å². The summed E-state index contributed by atoms with van der Waals surface area (Å²) >= 11 is 0. The van der Waals surface area contributed by atoms with Crippen molar-refractivity contribution in [3.63, 3.8) is 0 Å². The summed E-state index contributed by atoms with van der Waals surface area (Å²) in [6, 6.07) is 7.82. The molecule has 3 heteroatoms. The van der Waals surface area contributed by atoms with Crippen LogP contribution in [-0.4, -0.2) is 7.12 Å². The van der Waals surface area contributed by atoms with Crippen LogP contribution in [-0.2, 0) is 0 Å². The van der Waals surface area contributed by atoms with E-state index in [-0.39, 0.29) is 7.12 Å². The van der Waals surface area contributed by atoms with Gasteiger partial charge in [0.1, 0.15) is 11.5 Å². The lowest BCUT2D eigenvalue weighted by molar-refractivity contribution is 0.440. The van der Waals surface area contributed by atoms with Gasteiger partial charge in [-0.3, -0.25) is 0 Å². The van der Waals surface area contributed by atoms with Crippen molar-refractivity contribution < 1.29 is 9.31 Å². The Balaban J connectivity index is 2.12. The molecule has 0 saturated heterocycles. The van der Waals surface area contributed by atoms with Crippen molar-refractivity contribution in [2.24, 2.45) is 5.92 Å². The molecule has 1 aliphatic heterocycles. The van der Waals surface area contributed by atoms with Crippen LogP contribution >= 0.6 is 0 Å². The highest BCUT2D eigenvalue weighted by atomic mass is 16.6. The molecule has 1 atom stereocenters. The SMILES string of the molecule is CC(C)C(C)B1Oc2ccccc2O1. The molecule has 0 radical (unpaired) electrons. The van der Waals surface area contributed by atoms with Gasteiger partial charge in [-0.1, -0.05) is 32.9 Å². The molecule has 0 spiro atoms. The Labute approximate surface area is 85.4 Å². The predicted octanol–water partition coefficient (Wildman–Crippen LogP) is 2.99. The summed E-state index contributed by atoms with van der Waals surface area (Å²) in [6.07, 6.45) is 0. The number of benzene rings is 1. The van der Waals surface area contributed by atoms with Crippen LogP contribution < -0.4 is 9.31 Å². The highest BCUT2D eigenvalue weighted by Gasteiger charge is 2.38. The lowest BCUT2D eigenvalue weighted by Gasteiger charge is -2.16. The molecule has 0 amide bonds. The number of fused-ring (bicyclic) bond motifs is 1. The van der Waals surface area contributed by atoms with Gasteiger partial charge in [-0.2, -0.15) is 0 Å². The third-order valence-electron chi connectivity index (χ3n) is 2.82. The summed E-state index contributed by atoms with van der Waals surface area (Å²) in [5.74, 6) is 2.70. The lowest BCUT2D eigenvalue weighted by atomic mass is 9.67. The van der Waals surface area contributed by atoms with Gasteiger partial charge in [0.25, 0.3) is 0 Å². The van der Waals surface area contributed by atoms with Gasteiger partial charge in [-0.05, 0) is 18.1 Å². The van der Waals surface area contributed by atoms with Crippen LogP contribution in [0.15, 0.2) is 24.3 Å². The summed E-state index contributed by atoms with van der Waals surface area (Å²) in [5, 5.41) is 0. The molecule has 2 rings (SSSR count). The molecule has 0 saturated carbocycles. The van der Waals surface area contributed by atoms with E-state index in [1.165, 1.54) is 0 Å². The molecule has 0 N–H and O–H groups in total. The van der Waals surface area contributed by atoms with Crippen molar-refractivity contribution in [2.45, 2.75) is 26.6 Å². The Morgan fingerprint density at radius 1 is 1.00 bits per heavy atom. The second-order valence-electron chi connectivity index (χ2n) is 4.15. The number of rotatable bonds is 2. The van der Waals surface area contributed by atoms with E-state index in [0.29, 0.717) is 11.7 Å². The Bertz CT molecular complexity index is 300. The summed E-state index contributed by atoms with van der Waals surface area (Å²) < 4.78 is 11.4. The quantitative estimate of drug-likeness (QED) is 0.667. The van der Waals surface area contributed by atoms with Gasteiger partial charge in [0.15, 0.2) is 0 Å². The molecule has 74 valence electrons. The van der Waals surface area contributed by atoms with Crippen molar-refractivity contribution >= 4 is 7.12 Å². The van der Waals surface area contributed by atoms with Gasteiger partial charge in [0.05, 0.1) is 0 Å². The van der Waals surface area contributed by atoms with E-state index in [1.807, 2.05) is 24.3 Å². The number of para-hydroxylation sites is 2. The van der Waals surface area contributed by atoms with Crippen LogP contribution in [0.4, 0.5) is 0 Å². The van der Waals surface area contributed by atoms with Crippen LogP contribution in [0.5, 0.6) is 11.5 Å². The molecule has 2 nitrogen and oxygen atoms in total. The first-order valence-corrected chi connectivity index (χ1v) is 5.11. The Hall–Kier alpha value is -1.12. The minimum absolute atomic E-state index is 0.118. The molecule has 0 aliphatic carbocycles. The molecule has 0 fully saturated rings. The van der Waals surface area contributed by atoms with Crippen molar-refractivity contribution in [3.05, 3.63) is 24.3 Å². The average Bonchev–Trinajstić information content (AvgIpc) is 2.59. The van der Waals surface area contributed by atoms with E-state index in [4.69, 9.17) is 9.31 Å². The Morgan fingerprint density at radius 3 is 1.93 bits per heavy atom. The van der Waals surface area contributed by atoms with Crippen LogP contribution in [0.1, 0.15) is 20.8 Å². The van der Waals surface area contributed by atoms with Gasteiger partial charge < -0.3 is 9.31 Å². The smallest absolute Gasteiger partial charge is 0.523 e. The van der Waals surface area contributed by atoms with Crippen molar-refractivity contribution in [1.29, 1.82) is 0 Å². The second-order valence-corrected chi connectivity index (χ2v) is 4.15. The zero-order valence-corrected chi connectivity index (χ0v) is 8.86. The summed E-state index contributed by atoms with van der Waals surface area (Å²) in [5.41, 5.74) is 0. The zero-order valence-electron chi connectivity index (χ0n) is 8.86. The summed E-state index contributed by atoms with van der Waals surface area (Å²) in [4.78, 5) is 0. The van der Waals surface area contributed by atoms with Gasteiger partial charge in [0, 0.05) is 5.82 Å². The average molecular weight is 190 g/mol. The number of hydrogen-bond donors (Lipinski definition) is 0. The van der Waals surface area contributed by atoms with Gasteiger partial charge in [0.2, 0.25) is 0 Å². The Morgan fingerprint density at radius 2 is 1.50 bits per heavy atom. The van der Waals surface area contributed by atoms with Gasteiger partial charge >= 0.3 is 7.12 Å². The maximum absolute atomic E-state index is 5.71. The fourth-order valence-electron chi connectivity index (χ4n) is 1.45. The summed E-state index contributed by atoms with van der Waals surface area (Å²) in [7, 11) is -0.118. The van der Waals surface area contributed by atoms with E-state index in [2.05, 4.69) is 20.8 Å². The largest absolute Gasteiger partial charge is 0.598 e. The predicted molar refractivity (Wildman–Crippen MR) is 57.7 cm³/mol.